The van der Waals surface area contributed by atoms with Gasteiger partial charge in [0.15, 0.2) is 0 Å². The van der Waals surface area contributed by atoms with Crippen LogP contribution in [0.15, 0.2) is 29.6 Å². The van der Waals surface area contributed by atoms with Crippen LogP contribution in [0.4, 0.5) is 10.7 Å². The maximum atomic E-state index is 12.1. The van der Waals surface area contributed by atoms with Gasteiger partial charge in [-0.2, -0.15) is 0 Å². The standard InChI is InChI=1S/C14H14N2O4S/c1-2-6-20-14(17)12-11(8-21-13(12)15)9-4-3-5-10(7-9)16(18)19/h3-5,7-8H,2,6,15H2,1H3. The zero-order valence-corrected chi connectivity index (χ0v) is 12.2. The highest BCUT2D eigenvalue weighted by atomic mass is 32.1. The van der Waals surface area contributed by atoms with Crippen molar-refractivity contribution in [1.82, 2.24) is 0 Å². The van der Waals surface area contributed by atoms with E-state index >= 15 is 0 Å². The van der Waals surface area contributed by atoms with Crippen molar-refractivity contribution in [2.45, 2.75) is 13.3 Å². The number of nitro benzene ring substituents is 1. The number of carbonyl (C=O) groups is 1. The number of nitro groups is 1. The first-order valence-corrected chi connectivity index (χ1v) is 7.21. The first-order valence-electron chi connectivity index (χ1n) is 6.33. The van der Waals surface area contributed by atoms with Crippen LogP contribution in [0.5, 0.6) is 0 Å². The highest BCUT2D eigenvalue weighted by Gasteiger charge is 2.21. The second-order valence-electron chi connectivity index (χ2n) is 4.33. The smallest absolute Gasteiger partial charge is 0.341 e. The number of esters is 1. The van der Waals surface area contributed by atoms with Gasteiger partial charge < -0.3 is 10.5 Å². The molecule has 6 nitrogen and oxygen atoms in total. The molecule has 0 aliphatic heterocycles. The molecule has 7 heteroatoms. The van der Waals surface area contributed by atoms with Crippen LogP contribution in [0.1, 0.15) is 23.7 Å². The molecule has 0 aliphatic carbocycles. The molecule has 2 aromatic rings. The van der Waals surface area contributed by atoms with Gasteiger partial charge in [-0.15, -0.1) is 11.3 Å². The highest BCUT2D eigenvalue weighted by Crippen LogP contribution is 2.35. The average Bonchev–Trinajstić information content (AvgIpc) is 2.86. The Kier molecular flexibility index (Phi) is 4.54. The summed E-state index contributed by atoms with van der Waals surface area (Å²) in [6.07, 6.45) is 0.710. The van der Waals surface area contributed by atoms with Crippen LogP contribution in [-0.4, -0.2) is 17.5 Å². The number of hydrogen-bond acceptors (Lipinski definition) is 6. The van der Waals surface area contributed by atoms with E-state index in [0.717, 1.165) is 0 Å². The summed E-state index contributed by atoms with van der Waals surface area (Å²) in [5.41, 5.74) is 7.20. The van der Waals surface area contributed by atoms with Crippen LogP contribution >= 0.6 is 11.3 Å². The number of nitrogens with zero attached hydrogens (tertiary/aromatic N) is 1. The molecule has 0 fully saturated rings. The summed E-state index contributed by atoms with van der Waals surface area (Å²) in [4.78, 5) is 22.4. The second-order valence-corrected chi connectivity index (χ2v) is 5.24. The lowest BCUT2D eigenvalue weighted by Gasteiger charge is -2.06. The van der Waals surface area contributed by atoms with Gasteiger partial charge in [0, 0.05) is 23.1 Å². The number of ether oxygens (including phenoxy) is 1. The van der Waals surface area contributed by atoms with Gasteiger partial charge in [-0.25, -0.2) is 4.79 Å². The van der Waals surface area contributed by atoms with Gasteiger partial charge in [0.2, 0.25) is 0 Å². The van der Waals surface area contributed by atoms with Gasteiger partial charge in [0.25, 0.3) is 5.69 Å². The van der Waals surface area contributed by atoms with Gasteiger partial charge in [-0.3, -0.25) is 10.1 Å². The van der Waals surface area contributed by atoms with Crippen LogP contribution in [0, 0.1) is 10.1 Å². The maximum Gasteiger partial charge on any atom is 0.341 e. The molecule has 0 bridgehead atoms. The minimum atomic E-state index is -0.503. The molecule has 0 spiro atoms. The van der Waals surface area contributed by atoms with Gasteiger partial charge in [0.05, 0.1) is 11.5 Å². The molecule has 0 atom stereocenters. The van der Waals surface area contributed by atoms with E-state index in [0.29, 0.717) is 29.2 Å². The van der Waals surface area contributed by atoms with E-state index in [1.165, 1.54) is 23.5 Å². The van der Waals surface area contributed by atoms with Crippen molar-refractivity contribution >= 4 is 28.0 Å². The topological polar surface area (TPSA) is 95.5 Å². The first-order chi connectivity index (χ1) is 10.0. The molecule has 110 valence electrons. The molecule has 0 saturated carbocycles. The second kappa shape index (κ2) is 6.36. The number of nitrogen functional groups attached to an aromatic ring is 1. The van der Waals surface area contributed by atoms with Crippen molar-refractivity contribution in [2.24, 2.45) is 0 Å². The number of rotatable bonds is 5. The molecule has 1 aromatic heterocycles. The van der Waals surface area contributed by atoms with Gasteiger partial charge >= 0.3 is 5.97 Å². The number of benzene rings is 1. The van der Waals surface area contributed by atoms with E-state index in [1.54, 1.807) is 17.5 Å². The van der Waals surface area contributed by atoms with E-state index in [1.807, 2.05) is 6.92 Å². The van der Waals surface area contributed by atoms with E-state index in [-0.39, 0.29) is 11.3 Å². The molecule has 21 heavy (non-hydrogen) atoms. The lowest BCUT2D eigenvalue weighted by molar-refractivity contribution is -0.384. The fourth-order valence-corrected chi connectivity index (χ4v) is 2.66. The lowest BCUT2D eigenvalue weighted by atomic mass is 10.0. The minimum Gasteiger partial charge on any atom is -0.462 e. The fraction of sp³-hybridized carbons (Fsp3) is 0.214. The summed E-state index contributed by atoms with van der Waals surface area (Å²) >= 11 is 1.21. The predicted octanol–water partition coefficient (Wildman–Crippen LogP) is 3.47. The molecular formula is C14H14N2O4S. The summed E-state index contributed by atoms with van der Waals surface area (Å²) in [5.74, 6) is -0.503. The third-order valence-electron chi connectivity index (χ3n) is 2.83. The largest absolute Gasteiger partial charge is 0.462 e. The molecule has 0 aliphatic rings. The van der Waals surface area contributed by atoms with E-state index in [4.69, 9.17) is 10.5 Å². The quantitative estimate of drug-likeness (QED) is 0.518. The summed E-state index contributed by atoms with van der Waals surface area (Å²) in [6, 6.07) is 6.08. The Balaban J connectivity index is 2.43. The van der Waals surface area contributed by atoms with Crippen molar-refractivity contribution in [3.05, 3.63) is 45.3 Å². The molecule has 0 amide bonds. The minimum absolute atomic E-state index is 0.0369. The Labute approximate surface area is 125 Å². The summed E-state index contributed by atoms with van der Waals surface area (Å²) in [7, 11) is 0. The Hall–Kier alpha value is -2.41. The first kappa shape index (κ1) is 15.0. The zero-order valence-electron chi connectivity index (χ0n) is 11.4. The summed E-state index contributed by atoms with van der Waals surface area (Å²) in [5, 5.41) is 12.9. The molecule has 2 N–H and O–H groups in total. The normalized spacial score (nSPS) is 10.3. The lowest BCUT2D eigenvalue weighted by Crippen LogP contribution is -2.08. The molecular weight excluding hydrogens is 292 g/mol. The number of non-ortho nitro benzene ring substituents is 1. The van der Waals surface area contributed by atoms with Crippen molar-refractivity contribution in [1.29, 1.82) is 0 Å². The zero-order chi connectivity index (χ0) is 15.4. The Morgan fingerprint density at radius 1 is 1.48 bits per heavy atom. The number of carbonyl (C=O) groups excluding carboxylic acids is 1. The third kappa shape index (κ3) is 3.19. The molecule has 1 aromatic carbocycles. The Morgan fingerprint density at radius 2 is 2.24 bits per heavy atom. The number of thiophene rings is 1. The highest BCUT2D eigenvalue weighted by molar-refractivity contribution is 7.14. The van der Waals surface area contributed by atoms with Gasteiger partial charge in [0.1, 0.15) is 10.6 Å². The fourth-order valence-electron chi connectivity index (χ4n) is 1.85. The van der Waals surface area contributed by atoms with Crippen molar-refractivity contribution in [3.63, 3.8) is 0 Å². The van der Waals surface area contributed by atoms with Crippen molar-refractivity contribution in [3.8, 4) is 11.1 Å². The van der Waals surface area contributed by atoms with Gasteiger partial charge in [-0.05, 0) is 12.0 Å². The number of nitrogens with two attached hydrogens (primary N) is 1. The van der Waals surface area contributed by atoms with Crippen LogP contribution in [0.2, 0.25) is 0 Å². The Bertz CT molecular complexity index is 681. The van der Waals surface area contributed by atoms with Crippen molar-refractivity contribution < 1.29 is 14.5 Å². The van der Waals surface area contributed by atoms with Gasteiger partial charge in [-0.1, -0.05) is 19.1 Å². The number of anilines is 1. The predicted molar refractivity (Wildman–Crippen MR) is 81.4 cm³/mol. The van der Waals surface area contributed by atoms with E-state index in [2.05, 4.69) is 0 Å². The van der Waals surface area contributed by atoms with Crippen molar-refractivity contribution in [2.75, 3.05) is 12.3 Å². The van der Waals surface area contributed by atoms with E-state index < -0.39 is 10.9 Å². The SMILES string of the molecule is CCCOC(=O)c1c(-c2cccc([N+](=O)[O-])c2)csc1N. The molecule has 0 saturated heterocycles. The van der Waals surface area contributed by atoms with Crippen LogP contribution in [0.3, 0.4) is 0 Å². The third-order valence-corrected chi connectivity index (χ3v) is 3.64. The molecule has 2 rings (SSSR count). The molecule has 1 heterocycles. The Morgan fingerprint density at radius 3 is 2.90 bits per heavy atom. The number of hydrogen-bond donors (Lipinski definition) is 1. The summed E-state index contributed by atoms with van der Waals surface area (Å²) in [6.45, 7) is 2.20. The maximum absolute atomic E-state index is 12.1. The summed E-state index contributed by atoms with van der Waals surface area (Å²) < 4.78 is 5.11. The molecule has 0 unspecified atom stereocenters. The van der Waals surface area contributed by atoms with Crippen LogP contribution in [0.25, 0.3) is 11.1 Å². The van der Waals surface area contributed by atoms with Crippen LogP contribution < -0.4 is 5.73 Å². The van der Waals surface area contributed by atoms with Crippen LogP contribution in [-0.2, 0) is 4.74 Å². The molecule has 0 radical (unpaired) electrons. The average molecular weight is 306 g/mol. The van der Waals surface area contributed by atoms with E-state index in [9.17, 15) is 14.9 Å². The monoisotopic (exact) mass is 306 g/mol.